The number of likely N-dealkylation sites (N-methyl/N-ethyl adjacent to an activating group) is 1. The summed E-state index contributed by atoms with van der Waals surface area (Å²) in [5.74, 6) is 0.625. The summed E-state index contributed by atoms with van der Waals surface area (Å²) in [5.41, 5.74) is 0. The van der Waals surface area contributed by atoms with Crippen LogP contribution in [0.4, 0.5) is 0 Å². The molecule has 1 atom stereocenters. The van der Waals surface area contributed by atoms with Crippen molar-refractivity contribution in [2.24, 2.45) is 5.92 Å². The van der Waals surface area contributed by atoms with Gasteiger partial charge in [0, 0.05) is 6.54 Å². The van der Waals surface area contributed by atoms with Gasteiger partial charge in [-0.1, -0.05) is 20.8 Å². The predicted molar refractivity (Wildman–Crippen MR) is 55.9 cm³/mol. The van der Waals surface area contributed by atoms with Gasteiger partial charge >= 0.3 is 0 Å². The third-order valence-corrected chi connectivity index (χ3v) is 2.76. The van der Waals surface area contributed by atoms with Crippen LogP contribution in [0.5, 0.6) is 0 Å². The van der Waals surface area contributed by atoms with E-state index in [0.29, 0.717) is 18.1 Å². The third-order valence-electron chi connectivity index (χ3n) is 2.76. The summed E-state index contributed by atoms with van der Waals surface area (Å²) in [7, 11) is 0. The Labute approximate surface area is 82.0 Å². The van der Waals surface area contributed by atoms with Crippen LogP contribution in [0, 0.1) is 5.92 Å². The molecule has 1 saturated carbocycles. The van der Waals surface area contributed by atoms with Crippen LogP contribution in [-0.4, -0.2) is 25.3 Å². The van der Waals surface area contributed by atoms with E-state index in [9.17, 15) is 0 Å². The molecule has 2 nitrogen and oxygen atoms in total. The Kier molecular flexibility index (Phi) is 4.74. The topological polar surface area (TPSA) is 21.3 Å². The normalized spacial score (nSPS) is 20.3. The van der Waals surface area contributed by atoms with E-state index in [1.54, 1.807) is 0 Å². The molecule has 2 heteroatoms. The fraction of sp³-hybridized carbons (Fsp3) is 1.00. The smallest absolute Gasteiger partial charge is 0.0726 e. The van der Waals surface area contributed by atoms with Gasteiger partial charge < -0.3 is 10.1 Å². The average molecular weight is 185 g/mol. The number of hydrogen-bond donors (Lipinski definition) is 1. The van der Waals surface area contributed by atoms with Gasteiger partial charge in [0.25, 0.3) is 0 Å². The van der Waals surface area contributed by atoms with Gasteiger partial charge in [0.2, 0.25) is 0 Å². The average Bonchev–Trinajstić information content (AvgIpc) is 2.01. The van der Waals surface area contributed by atoms with E-state index in [-0.39, 0.29) is 0 Å². The molecule has 0 bridgehead atoms. The Hall–Kier alpha value is -0.0800. The first-order valence-electron chi connectivity index (χ1n) is 5.60. The van der Waals surface area contributed by atoms with Crippen LogP contribution < -0.4 is 5.32 Å². The van der Waals surface area contributed by atoms with E-state index in [2.05, 4.69) is 26.1 Å². The van der Waals surface area contributed by atoms with Crippen LogP contribution in [-0.2, 0) is 4.74 Å². The monoisotopic (exact) mass is 185 g/mol. The summed E-state index contributed by atoms with van der Waals surface area (Å²) in [6, 6.07) is 0. The van der Waals surface area contributed by atoms with E-state index in [0.717, 1.165) is 13.1 Å². The lowest BCUT2D eigenvalue weighted by Gasteiger charge is -2.32. The molecule has 1 unspecified atom stereocenters. The second-order valence-electron chi connectivity index (χ2n) is 4.28. The zero-order valence-electron chi connectivity index (χ0n) is 9.18. The van der Waals surface area contributed by atoms with Crippen molar-refractivity contribution in [1.29, 1.82) is 0 Å². The van der Waals surface area contributed by atoms with Gasteiger partial charge in [-0.05, 0) is 31.7 Å². The molecule has 0 aromatic carbocycles. The van der Waals surface area contributed by atoms with Crippen LogP contribution in [0.25, 0.3) is 0 Å². The van der Waals surface area contributed by atoms with Crippen molar-refractivity contribution in [1.82, 2.24) is 5.32 Å². The summed E-state index contributed by atoms with van der Waals surface area (Å²) in [5, 5.41) is 3.36. The van der Waals surface area contributed by atoms with Crippen molar-refractivity contribution >= 4 is 0 Å². The highest BCUT2D eigenvalue weighted by molar-refractivity contribution is 4.74. The summed E-state index contributed by atoms with van der Waals surface area (Å²) < 4.78 is 5.99. The lowest BCUT2D eigenvalue weighted by Crippen LogP contribution is -2.38. The van der Waals surface area contributed by atoms with Crippen molar-refractivity contribution in [3.63, 3.8) is 0 Å². The molecule has 1 rings (SSSR count). The quantitative estimate of drug-likeness (QED) is 0.685. The van der Waals surface area contributed by atoms with Crippen LogP contribution in [0.3, 0.4) is 0 Å². The zero-order valence-corrected chi connectivity index (χ0v) is 9.18. The molecular formula is C11H23NO. The molecule has 0 saturated heterocycles. The van der Waals surface area contributed by atoms with E-state index >= 15 is 0 Å². The fourth-order valence-electron chi connectivity index (χ4n) is 1.48. The summed E-state index contributed by atoms with van der Waals surface area (Å²) >= 11 is 0. The van der Waals surface area contributed by atoms with Gasteiger partial charge in [-0.3, -0.25) is 0 Å². The first-order valence-corrected chi connectivity index (χ1v) is 5.60. The van der Waals surface area contributed by atoms with Crippen molar-refractivity contribution in [2.45, 2.75) is 52.2 Å². The molecule has 1 fully saturated rings. The first kappa shape index (κ1) is 11.0. The SMILES string of the molecule is CCNCC(OC1CCC1)C(C)C. The molecular weight excluding hydrogens is 162 g/mol. The minimum Gasteiger partial charge on any atom is -0.373 e. The van der Waals surface area contributed by atoms with Crippen LogP contribution in [0.15, 0.2) is 0 Å². The maximum atomic E-state index is 5.99. The fourth-order valence-corrected chi connectivity index (χ4v) is 1.48. The zero-order chi connectivity index (χ0) is 9.68. The molecule has 0 spiro atoms. The minimum absolute atomic E-state index is 0.408. The summed E-state index contributed by atoms with van der Waals surface area (Å²) in [4.78, 5) is 0. The predicted octanol–water partition coefficient (Wildman–Crippen LogP) is 2.19. The molecule has 0 aromatic heterocycles. The van der Waals surface area contributed by atoms with Crippen molar-refractivity contribution < 1.29 is 4.74 Å². The van der Waals surface area contributed by atoms with Gasteiger partial charge in [-0.25, -0.2) is 0 Å². The van der Waals surface area contributed by atoms with Crippen LogP contribution >= 0.6 is 0 Å². The van der Waals surface area contributed by atoms with E-state index in [1.165, 1.54) is 19.3 Å². The molecule has 0 amide bonds. The molecule has 13 heavy (non-hydrogen) atoms. The van der Waals surface area contributed by atoms with Crippen LogP contribution in [0.2, 0.25) is 0 Å². The number of hydrogen-bond acceptors (Lipinski definition) is 2. The summed E-state index contributed by atoms with van der Waals surface area (Å²) in [6.07, 6.45) is 4.87. The minimum atomic E-state index is 0.408. The van der Waals surface area contributed by atoms with Gasteiger partial charge in [0.15, 0.2) is 0 Å². The molecule has 1 N–H and O–H groups in total. The standard InChI is InChI=1S/C11H23NO/c1-4-12-8-11(9(2)3)13-10-6-5-7-10/h9-12H,4-8H2,1-3H3. The Morgan fingerprint density at radius 3 is 2.46 bits per heavy atom. The highest BCUT2D eigenvalue weighted by atomic mass is 16.5. The molecule has 0 heterocycles. The molecule has 0 aliphatic heterocycles. The van der Waals surface area contributed by atoms with E-state index < -0.39 is 0 Å². The van der Waals surface area contributed by atoms with E-state index in [1.807, 2.05) is 0 Å². The van der Waals surface area contributed by atoms with Gasteiger partial charge in [-0.2, -0.15) is 0 Å². The number of rotatable bonds is 6. The Bertz CT molecular complexity index is 132. The third kappa shape index (κ3) is 3.65. The Morgan fingerprint density at radius 1 is 1.38 bits per heavy atom. The molecule has 78 valence electrons. The van der Waals surface area contributed by atoms with Crippen LogP contribution in [0.1, 0.15) is 40.0 Å². The van der Waals surface area contributed by atoms with E-state index in [4.69, 9.17) is 4.74 Å². The lowest BCUT2D eigenvalue weighted by atomic mass is 9.95. The Balaban J connectivity index is 2.19. The highest BCUT2D eigenvalue weighted by Gasteiger charge is 2.23. The van der Waals surface area contributed by atoms with Gasteiger partial charge in [0.05, 0.1) is 12.2 Å². The van der Waals surface area contributed by atoms with Gasteiger partial charge in [-0.15, -0.1) is 0 Å². The number of nitrogens with one attached hydrogen (secondary N) is 1. The lowest BCUT2D eigenvalue weighted by molar-refractivity contribution is -0.0683. The van der Waals surface area contributed by atoms with Crippen molar-refractivity contribution in [3.8, 4) is 0 Å². The first-order chi connectivity index (χ1) is 6.24. The number of ether oxygens (including phenoxy) is 1. The molecule has 1 aliphatic rings. The molecule has 1 aliphatic carbocycles. The van der Waals surface area contributed by atoms with Crippen molar-refractivity contribution in [3.05, 3.63) is 0 Å². The largest absolute Gasteiger partial charge is 0.373 e. The highest BCUT2D eigenvalue weighted by Crippen LogP contribution is 2.24. The second kappa shape index (κ2) is 5.61. The molecule has 0 aromatic rings. The molecule has 0 radical (unpaired) electrons. The summed E-state index contributed by atoms with van der Waals surface area (Å²) in [6.45, 7) is 8.66. The second-order valence-corrected chi connectivity index (χ2v) is 4.28. The Morgan fingerprint density at radius 2 is 2.08 bits per heavy atom. The van der Waals surface area contributed by atoms with Gasteiger partial charge in [0.1, 0.15) is 0 Å². The maximum absolute atomic E-state index is 5.99. The van der Waals surface area contributed by atoms with Crippen molar-refractivity contribution in [2.75, 3.05) is 13.1 Å². The maximum Gasteiger partial charge on any atom is 0.0726 e.